The number of aryl methyl sites for hydroxylation is 1. The maximum atomic E-state index is 12.6. The van der Waals surface area contributed by atoms with Crippen molar-refractivity contribution in [1.29, 1.82) is 0 Å². The van der Waals surface area contributed by atoms with Gasteiger partial charge in [0.2, 0.25) is 0 Å². The van der Waals surface area contributed by atoms with Gasteiger partial charge in [0.1, 0.15) is 10.8 Å². The van der Waals surface area contributed by atoms with Crippen molar-refractivity contribution in [1.82, 2.24) is 5.32 Å². The van der Waals surface area contributed by atoms with E-state index in [2.05, 4.69) is 10.6 Å². The SMILES string of the molecule is CCOC(=O)c1c(NC(=S)NCCc2ccc(OC)cc2)sc2c1CCCCC2. The molecule has 1 aliphatic carbocycles. The lowest BCUT2D eigenvalue weighted by Gasteiger charge is -2.12. The first-order valence-electron chi connectivity index (χ1n) is 10.1. The van der Waals surface area contributed by atoms with E-state index in [1.807, 2.05) is 31.2 Å². The van der Waals surface area contributed by atoms with E-state index in [4.69, 9.17) is 21.7 Å². The Morgan fingerprint density at radius 3 is 2.66 bits per heavy atom. The quantitative estimate of drug-likeness (QED) is 0.375. The maximum absolute atomic E-state index is 12.6. The first-order valence-corrected chi connectivity index (χ1v) is 11.3. The number of nitrogens with one attached hydrogen (secondary N) is 2. The number of carbonyl (C=O) groups is 1. The minimum Gasteiger partial charge on any atom is -0.497 e. The lowest BCUT2D eigenvalue weighted by molar-refractivity contribution is 0.0527. The summed E-state index contributed by atoms with van der Waals surface area (Å²) < 4.78 is 10.5. The van der Waals surface area contributed by atoms with Crippen LogP contribution in [0.25, 0.3) is 0 Å². The number of fused-ring (bicyclic) bond motifs is 1. The van der Waals surface area contributed by atoms with Gasteiger partial charge in [-0.3, -0.25) is 0 Å². The van der Waals surface area contributed by atoms with E-state index in [0.717, 1.165) is 42.0 Å². The average molecular weight is 433 g/mol. The summed E-state index contributed by atoms with van der Waals surface area (Å²) in [5.74, 6) is 0.596. The van der Waals surface area contributed by atoms with Crippen molar-refractivity contribution >= 4 is 39.6 Å². The number of hydrogen-bond donors (Lipinski definition) is 2. The summed E-state index contributed by atoms with van der Waals surface area (Å²) in [4.78, 5) is 13.9. The van der Waals surface area contributed by atoms with Crippen molar-refractivity contribution in [3.63, 3.8) is 0 Å². The number of carbonyl (C=O) groups excluding carboxylic acids is 1. The predicted molar refractivity (Wildman–Crippen MR) is 122 cm³/mol. The first-order chi connectivity index (χ1) is 14.1. The molecule has 156 valence electrons. The van der Waals surface area contributed by atoms with Crippen LogP contribution >= 0.6 is 23.6 Å². The first kappa shape index (κ1) is 21.6. The lowest BCUT2D eigenvalue weighted by Crippen LogP contribution is -2.30. The molecule has 0 saturated carbocycles. The van der Waals surface area contributed by atoms with Crippen molar-refractivity contribution in [3.8, 4) is 5.75 Å². The Bertz CT molecular complexity index is 846. The van der Waals surface area contributed by atoms with Gasteiger partial charge in [-0.1, -0.05) is 18.6 Å². The molecule has 1 aromatic heterocycles. The summed E-state index contributed by atoms with van der Waals surface area (Å²) in [6, 6.07) is 8.00. The molecule has 1 aromatic carbocycles. The van der Waals surface area contributed by atoms with Gasteiger partial charge in [-0.05, 0) is 74.5 Å². The van der Waals surface area contributed by atoms with Gasteiger partial charge in [-0.25, -0.2) is 4.79 Å². The smallest absolute Gasteiger partial charge is 0.341 e. The third-order valence-corrected chi connectivity index (χ3v) is 6.44. The number of thiophene rings is 1. The highest BCUT2D eigenvalue weighted by Gasteiger charge is 2.26. The zero-order valence-corrected chi connectivity index (χ0v) is 18.6. The molecule has 0 amide bonds. The second-order valence-electron chi connectivity index (χ2n) is 6.97. The molecule has 0 spiro atoms. The standard InChI is InChI=1S/C22H28N2O3S2/c1-3-27-21(25)19-17-7-5-4-6-8-18(17)29-20(19)24-22(28)23-14-13-15-9-11-16(26-2)12-10-15/h9-12H,3-8,13-14H2,1-2H3,(H2,23,24,28). The molecule has 3 rings (SSSR count). The monoisotopic (exact) mass is 432 g/mol. The number of thiocarbonyl (C=S) groups is 1. The second kappa shape index (κ2) is 10.6. The summed E-state index contributed by atoms with van der Waals surface area (Å²) in [6.45, 7) is 2.91. The molecular weight excluding hydrogens is 404 g/mol. The molecule has 0 radical (unpaired) electrons. The second-order valence-corrected chi connectivity index (χ2v) is 8.48. The highest BCUT2D eigenvalue weighted by atomic mass is 32.1. The van der Waals surface area contributed by atoms with Gasteiger partial charge >= 0.3 is 5.97 Å². The molecular formula is C22H28N2O3S2. The largest absolute Gasteiger partial charge is 0.497 e. The fourth-order valence-corrected chi connectivity index (χ4v) is 5.06. The predicted octanol–water partition coefficient (Wildman–Crippen LogP) is 4.73. The van der Waals surface area contributed by atoms with Gasteiger partial charge in [-0.2, -0.15) is 0 Å². The zero-order chi connectivity index (χ0) is 20.6. The summed E-state index contributed by atoms with van der Waals surface area (Å²) in [5, 5.41) is 7.82. The molecule has 2 aromatic rings. The summed E-state index contributed by atoms with van der Waals surface area (Å²) in [6.07, 6.45) is 6.28. The Kier molecular flexibility index (Phi) is 7.89. The Balaban J connectivity index is 1.63. The van der Waals surface area contributed by atoms with Crippen LogP contribution in [0.4, 0.5) is 5.00 Å². The van der Waals surface area contributed by atoms with Crippen LogP contribution in [0, 0.1) is 0 Å². The molecule has 1 aliphatic rings. The summed E-state index contributed by atoms with van der Waals surface area (Å²) >= 11 is 7.12. The van der Waals surface area contributed by atoms with Crippen LogP contribution in [0.1, 0.15) is 52.5 Å². The van der Waals surface area contributed by atoms with Crippen molar-refractivity contribution < 1.29 is 14.3 Å². The molecule has 1 heterocycles. The van der Waals surface area contributed by atoms with E-state index in [9.17, 15) is 4.79 Å². The fraction of sp³-hybridized carbons (Fsp3) is 0.455. The number of esters is 1. The minimum atomic E-state index is -0.254. The fourth-order valence-electron chi connectivity index (χ4n) is 3.51. The van der Waals surface area contributed by atoms with E-state index in [-0.39, 0.29) is 5.97 Å². The zero-order valence-electron chi connectivity index (χ0n) is 17.0. The summed E-state index contributed by atoms with van der Waals surface area (Å²) in [7, 11) is 1.66. The maximum Gasteiger partial charge on any atom is 0.341 e. The molecule has 0 aliphatic heterocycles. The average Bonchev–Trinajstić information content (AvgIpc) is 2.89. The van der Waals surface area contributed by atoms with Gasteiger partial charge in [0.05, 0.1) is 19.3 Å². The van der Waals surface area contributed by atoms with Crippen molar-refractivity contribution in [2.24, 2.45) is 0 Å². The van der Waals surface area contributed by atoms with Gasteiger partial charge in [0.25, 0.3) is 0 Å². The van der Waals surface area contributed by atoms with Crippen molar-refractivity contribution in [2.45, 2.75) is 45.4 Å². The molecule has 0 unspecified atom stereocenters. The third kappa shape index (κ3) is 5.70. The number of ether oxygens (including phenoxy) is 2. The molecule has 0 atom stereocenters. The molecule has 0 fully saturated rings. The number of methoxy groups -OCH3 is 1. The molecule has 2 N–H and O–H groups in total. The lowest BCUT2D eigenvalue weighted by atomic mass is 10.1. The van der Waals surface area contributed by atoms with Gasteiger partial charge < -0.3 is 20.1 Å². The molecule has 7 heteroatoms. The highest BCUT2D eigenvalue weighted by molar-refractivity contribution is 7.80. The number of hydrogen-bond acceptors (Lipinski definition) is 5. The molecule has 0 bridgehead atoms. The van der Waals surface area contributed by atoms with Crippen LogP contribution in [0.3, 0.4) is 0 Å². The molecule has 0 saturated heterocycles. The highest BCUT2D eigenvalue weighted by Crippen LogP contribution is 2.38. The number of benzene rings is 1. The van der Waals surface area contributed by atoms with Crippen molar-refractivity contribution in [2.75, 3.05) is 25.6 Å². The van der Waals surface area contributed by atoms with E-state index >= 15 is 0 Å². The van der Waals surface area contributed by atoms with Gasteiger partial charge in [-0.15, -0.1) is 11.3 Å². The van der Waals surface area contributed by atoms with Gasteiger partial charge in [0.15, 0.2) is 5.11 Å². The Hall–Kier alpha value is -2.12. The Morgan fingerprint density at radius 2 is 1.93 bits per heavy atom. The minimum absolute atomic E-state index is 0.254. The topological polar surface area (TPSA) is 59.6 Å². The van der Waals surface area contributed by atoms with Crippen LogP contribution < -0.4 is 15.4 Å². The van der Waals surface area contributed by atoms with E-state index in [1.54, 1.807) is 18.4 Å². The van der Waals surface area contributed by atoms with E-state index < -0.39 is 0 Å². The van der Waals surface area contributed by atoms with Crippen LogP contribution in [0.5, 0.6) is 5.75 Å². The van der Waals surface area contributed by atoms with Crippen LogP contribution in [-0.4, -0.2) is 31.3 Å². The number of rotatable bonds is 7. The summed E-state index contributed by atoms with van der Waals surface area (Å²) in [5.41, 5.74) is 3.03. The van der Waals surface area contributed by atoms with E-state index in [0.29, 0.717) is 23.8 Å². The normalized spacial score (nSPS) is 13.2. The van der Waals surface area contributed by atoms with Crippen molar-refractivity contribution in [3.05, 3.63) is 45.8 Å². The number of anilines is 1. The Morgan fingerprint density at radius 1 is 1.17 bits per heavy atom. The van der Waals surface area contributed by atoms with Crippen LogP contribution in [0.15, 0.2) is 24.3 Å². The van der Waals surface area contributed by atoms with E-state index in [1.165, 1.54) is 23.3 Å². The molecule has 5 nitrogen and oxygen atoms in total. The Labute approximate surface area is 181 Å². The van der Waals surface area contributed by atoms with Crippen LogP contribution in [-0.2, 0) is 24.0 Å². The van der Waals surface area contributed by atoms with Crippen LogP contribution in [0.2, 0.25) is 0 Å². The molecule has 29 heavy (non-hydrogen) atoms. The third-order valence-electron chi connectivity index (χ3n) is 4.99. The van der Waals surface area contributed by atoms with Gasteiger partial charge in [0, 0.05) is 11.4 Å².